The standard InChI is InChI=1S/C23H23F2N3O4/c1-23(2)21(30)19(27-32-23)12-7-10-18(29)13(11-12)16-8-9-17(28(16)3)22(31)26-20-14(24)5-4-6-15(20)25/h4-10,12,14,20,29H,11H2,1-3H3,(H,26,31). The van der Waals surface area contributed by atoms with E-state index in [1.54, 1.807) is 33.0 Å². The van der Waals surface area contributed by atoms with Crippen LogP contribution in [0.15, 0.2) is 59.3 Å². The molecule has 3 aliphatic rings. The minimum absolute atomic E-state index is 0.00384. The first-order chi connectivity index (χ1) is 15.1. The molecular weight excluding hydrogens is 420 g/mol. The molecule has 7 nitrogen and oxygen atoms in total. The zero-order valence-corrected chi connectivity index (χ0v) is 17.8. The highest BCUT2D eigenvalue weighted by atomic mass is 19.1. The van der Waals surface area contributed by atoms with Gasteiger partial charge < -0.3 is 19.8 Å². The van der Waals surface area contributed by atoms with Crippen LogP contribution in [0.2, 0.25) is 0 Å². The van der Waals surface area contributed by atoms with Crippen molar-refractivity contribution >= 4 is 23.0 Å². The topological polar surface area (TPSA) is 92.9 Å². The van der Waals surface area contributed by atoms with Crippen LogP contribution in [0, 0.1) is 5.92 Å². The summed E-state index contributed by atoms with van der Waals surface area (Å²) in [6.45, 7) is 3.27. The van der Waals surface area contributed by atoms with Gasteiger partial charge in [-0.25, -0.2) is 8.78 Å². The first-order valence-corrected chi connectivity index (χ1v) is 10.2. The second kappa shape index (κ2) is 7.89. The van der Waals surface area contributed by atoms with Crippen LogP contribution in [0.5, 0.6) is 0 Å². The molecule has 4 rings (SSSR count). The van der Waals surface area contributed by atoms with Crippen molar-refractivity contribution in [3.05, 3.63) is 65.5 Å². The lowest BCUT2D eigenvalue weighted by Gasteiger charge is -2.22. The third kappa shape index (κ3) is 3.68. The van der Waals surface area contributed by atoms with Crippen LogP contribution in [-0.4, -0.2) is 44.9 Å². The van der Waals surface area contributed by atoms with Gasteiger partial charge in [-0.2, -0.15) is 0 Å². The van der Waals surface area contributed by atoms with Gasteiger partial charge in [0, 0.05) is 24.2 Å². The van der Waals surface area contributed by atoms with E-state index < -0.39 is 35.5 Å². The van der Waals surface area contributed by atoms with E-state index in [1.165, 1.54) is 28.9 Å². The van der Waals surface area contributed by atoms with Crippen molar-refractivity contribution in [3.63, 3.8) is 0 Å². The maximum absolute atomic E-state index is 14.0. The minimum Gasteiger partial charge on any atom is -0.508 e. The Morgan fingerprint density at radius 3 is 2.75 bits per heavy atom. The quantitative estimate of drug-likeness (QED) is 0.745. The third-order valence-corrected chi connectivity index (χ3v) is 5.84. The molecule has 0 fully saturated rings. The highest BCUT2D eigenvalue weighted by Crippen LogP contribution is 2.35. The summed E-state index contributed by atoms with van der Waals surface area (Å²) < 4.78 is 29.5. The number of halogens is 2. The highest BCUT2D eigenvalue weighted by Gasteiger charge is 2.43. The normalized spacial score (nSPS) is 26.7. The lowest BCUT2D eigenvalue weighted by molar-refractivity contribution is -0.128. The van der Waals surface area contributed by atoms with E-state index in [-0.39, 0.29) is 29.4 Å². The minimum atomic E-state index is -1.67. The molecule has 0 spiro atoms. The Hall–Kier alpha value is -3.49. The molecule has 0 radical (unpaired) electrons. The highest BCUT2D eigenvalue weighted by molar-refractivity contribution is 6.44. The van der Waals surface area contributed by atoms with E-state index in [0.717, 1.165) is 6.08 Å². The predicted molar refractivity (Wildman–Crippen MR) is 114 cm³/mol. The van der Waals surface area contributed by atoms with Crippen molar-refractivity contribution in [1.82, 2.24) is 9.88 Å². The van der Waals surface area contributed by atoms with Crippen molar-refractivity contribution < 1.29 is 28.3 Å². The number of hydrogen-bond donors (Lipinski definition) is 2. The number of carbonyl (C=O) groups excluding carboxylic acids is 2. The maximum Gasteiger partial charge on any atom is 0.268 e. The van der Waals surface area contributed by atoms with E-state index in [2.05, 4.69) is 10.5 Å². The fraction of sp³-hybridized carbons (Fsp3) is 0.348. The Morgan fingerprint density at radius 1 is 1.34 bits per heavy atom. The van der Waals surface area contributed by atoms with Crippen molar-refractivity contribution in [2.45, 2.75) is 38.1 Å². The SMILES string of the molecule is Cn1c(C(=O)NC2C(F)=CC=CC2F)ccc1C1=C(O)C=CC(C2=NOC(C)(C)C2=O)C1. The Bertz CT molecular complexity index is 1140. The molecule has 3 unspecified atom stereocenters. The van der Waals surface area contributed by atoms with Crippen LogP contribution in [0.1, 0.15) is 36.5 Å². The van der Waals surface area contributed by atoms with Gasteiger partial charge in [0.05, 0.1) is 0 Å². The average molecular weight is 443 g/mol. The largest absolute Gasteiger partial charge is 0.508 e. The molecule has 1 amide bonds. The summed E-state index contributed by atoms with van der Waals surface area (Å²) in [4.78, 5) is 30.5. The summed E-state index contributed by atoms with van der Waals surface area (Å²) in [5.41, 5.74) is 0.443. The fourth-order valence-electron chi connectivity index (χ4n) is 3.94. The van der Waals surface area contributed by atoms with Crippen molar-refractivity contribution in [2.24, 2.45) is 18.1 Å². The number of aliphatic hydroxyl groups is 1. The van der Waals surface area contributed by atoms with Gasteiger partial charge in [-0.15, -0.1) is 0 Å². The number of amides is 1. The van der Waals surface area contributed by atoms with Crippen molar-refractivity contribution in [2.75, 3.05) is 0 Å². The Kier molecular flexibility index (Phi) is 5.36. The smallest absolute Gasteiger partial charge is 0.268 e. The summed E-state index contributed by atoms with van der Waals surface area (Å²) in [6, 6.07) is 1.75. The van der Waals surface area contributed by atoms with Gasteiger partial charge in [-0.1, -0.05) is 17.3 Å². The van der Waals surface area contributed by atoms with E-state index >= 15 is 0 Å². The van der Waals surface area contributed by atoms with E-state index in [4.69, 9.17) is 4.84 Å². The number of oxime groups is 1. The van der Waals surface area contributed by atoms with Gasteiger partial charge in [0.2, 0.25) is 5.78 Å². The number of nitrogens with zero attached hydrogens (tertiary/aromatic N) is 2. The molecule has 1 aromatic rings. The molecule has 2 aliphatic carbocycles. The second-order valence-electron chi connectivity index (χ2n) is 8.44. The molecule has 3 atom stereocenters. The monoisotopic (exact) mass is 443 g/mol. The van der Waals surface area contributed by atoms with Crippen LogP contribution in [0.4, 0.5) is 8.78 Å². The van der Waals surface area contributed by atoms with Crippen LogP contribution in [-0.2, 0) is 16.7 Å². The van der Waals surface area contributed by atoms with E-state index in [9.17, 15) is 23.5 Å². The molecule has 2 heterocycles. The zero-order valence-electron chi connectivity index (χ0n) is 17.8. The summed E-state index contributed by atoms with van der Waals surface area (Å²) in [7, 11) is 1.61. The molecule has 168 valence electrons. The van der Waals surface area contributed by atoms with Crippen molar-refractivity contribution in [1.29, 1.82) is 0 Å². The molecule has 1 aliphatic heterocycles. The van der Waals surface area contributed by atoms with Crippen LogP contribution in [0.3, 0.4) is 0 Å². The molecule has 2 N–H and O–H groups in total. The summed E-state index contributed by atoms with van der Waals surface area (Å²) in [5.74, 6) is -2.05. The van der Waals surface area contributed by atoms with Crippen LogP contribution in [0.25, 0.3) is 5.57 Å². The molecule has 1 aromatic heterocycles. The number of nitrogens with one attached hydrogen (secondary N) is 1. The Balaban J connectivity index is 1.55. The summed E-state index contributed by atoms with van der Waals surface area (Å²) in [6.07, 6.45) is 5.30. The maximum atomic E-state index is 14.0. The Morgan fingerprint density at radius 2 is 2.09 bits per heavy atom. The molecule has 0 aromatic carbocycles. The number of aromatic nitrogens is 1. The van der Waals surface area contributed by atoms with E-state index in [0.29, 0.717) is 11.3 Å². The lowest BCUT2D eigenvalue weighted by Crippen LogP contribution is -2.42. The average Bonchev–Trinajstić information content (AvgIpc) is 3.25. The van der Waals surface area contributed by atoms with Gasteiger partial charge in [0.25, 0.3) is 5.91 Å². The molecule has 0 saturated heterocycles. The van der Waals surface area contributed by atoms with Gasteiger partial charge in [-0.3, -0.25) is 9.59 Å². The number of ketones is 1. The molecule has 32 heavy (non-hydrogen) atoms. The number of rotatable bonds is 4. The molecular formula is C23H23F2N3O4. The van der Waals surface area contributed by atoms with Gasteiger partial charge >= 0.3 is 0 Å². The second-order valence-corrected chi connectivity index (χ2v) is 8.44. The van der Waals surface area contributed by atoms with E-state index in [1.807, 2.05) is 0 Å². The van der Waals surface area contributed by atoms with Gasteiger partial charge in [-0.05, 0) is 50.6 Å². The third-order valence-electron chi connectivity index (χ3n) is 5.84. The van der Waals surface area contributed by atoms with Gasteiger partial charge in [0.1, 0.15) is 35.2 Å². The number of hydrogen-bond acceptors (Lipinski definition) is 5. The number of alkyl halides is 1. The predicted octanol–water partition coefficient (Wildman–Crippen LogP) is 3.46. The molecule has 0 bridgehead atoms. The van der Waals surface area contributed by atoms with Crippen molar-refractivity contribution in [3.8, 4) is 0 Å². The number of Topliss-reactive ketones (excluding diaryl/α,β-unsaturated/α-hetero) is 1. The molecule has 9 heteroatoms. The summed E-state index contributed by atoms with van der Waals surface area (Å²) in [5, 5.41) is 16.8. The van der Waals surface area contributed by atoms with Crippen LogP contribution >= 0.6 is 0 Å². The first kappa shape index (κ1) is 21.7. The Labute approximate surface area is 183 Å². The number of allylic oxidation sites excluding steroid dienone is 5. The van der Waals surface area contributed by atoms with Gasteiger partial charge in [0.15, 0.2) is 5.60 Å². The zero-order chi connectivity index (χ0) is 23.2. The molecule has 0 saturated carbocycles. The first-order valence-electron chi connectivity index (χ1n) is 10.2. The number of aliphatic hydroxyl groups excluding tert-OH is 1. The number of carbonyl (C=O) groups is 2. The lowest BCUT2D eigenvalue weighted by atomic mass is 9.84. The summed E-state index contributed by atoms with van der Waals surface area (Å²) >= 11 is 0. The van der Waals surface area contributed by atoms with Crippen LogP contribution < -0.4 is 5.32 Å². The fourth-order valence-corrected chi connectivity index (χ4v) is 3.94.